The van der Waals surface area contributed by atoms with Crippen LogP contribution in [0.1, 0.15) is 5.56 Å². The van der Waals surface area contributed by atoms with Crippen molar-refractivity contribution >= 4 is 28.7 Å². The molecule has 0 spiro atoms. The molecule has 3 N–H and O–H groups in total. The summed E-state index contributed by atoms with van der Waals surface area (Å²) >= 11 is 1.38. The van der Waals surface area contributed by atoms with Crippen molar-refractivity contribution < 1.29 is 4.74 Å². The molecule has 0 saturated carbocycles. The van der Waals surface area contributed by atoms with Gasteiger partial charge in [0, 0.05) is 0 Å². The molecule has 0 aliphatic rings. The number of benzene rings is 1. The summed E-state index contributed by atoms with van der Waals surface area (Å²) < 4.78 is 6.68. The average molecular weight is 317 g/mol. The van der Waals surface area contributed by atoms with Gasteiger partial charge in [-0.1, -0.05) is 23.9 Å². The number of thioether (sulfide) groups is 1. The zero-order valence-electron chi connectivity index (χ0n) is 12.2. The van der Waals surface area contributed by atoms with Gasteiger partial charge in [-0.25, -0.2) is 14.8 Å². The van der Waals surface area contributed by atoms with Gasteiger partial charge in [0.05, 0.1) is 13.7 Å². The summed E-state index contributed by atoms with van der Waals surface area (Å²) in [6.07, 6.45) is 1.86. The molecular formula is C14H15N5O2S. The summed E-state index contributed by atoms with van der Waals surface area (Å²) in [6, 6.07) is 7.52. The lowest BCUT2D eigenvalue weighted by molar-refractivity contribution is 0.414. The summed E-state index contributed by atoms with van der Waals surface area (Å²) in [4.78, 5) is 23.4. The Bertz CT molecular complexity index is 869. The van der Waals surface area contributed by atoms with Crippen LogP contribution < -0.4 is 16.2 Å². The molecule has 2 aromatic heterocycles. The van der Waals surface area contributed by atoms with Crippen LogP contribution in [0.2, 0.25) is 0 Å². The Morgan fingerprint density at radius 1 is 1.32 bits per heavy atom. The number of nitrogens with two attached hydrogens (primary N) is 1. The minimum Gasteiger partial charge on any atom is -0.497 e. The number of imidazole rings is 1. The van der Waals surface area contributed by atoms with Crippen LogP contribution >= 0.6 is 11.8 Å². The highest BCUT2D eigenvalue weighted by atomic mass is 32.2. The summed E-state index contributed by atoms with van der Waals surface area (Å²) in [5, 5.41) is 0.535. The summed E-state index contributed by atoms with van der Waals surface area (Å²) in [7, 11) is 1.61. The van der Waals surface area contributed by atoms with Gasteiger partial charge in [0.25, 0.3) is 0 Å². The molecule has 8 heteroatoms. The smallest absolute Gasteiger partial charge is 0.328 e. The van der Waals surface area contributed by atoms with E-state index in [1.807, 2.05) is 30.5 Å². The number of hydrogen-bond acceptors (Lipinski definition) is 6. The molecule has 2 heterocycles. The molecule has 3 rings (SSSR count). The second-order valence-corrected chi connectivity index (χ2v) is 5.43. The van der Waals surface area contributed by atoms with Crippen molar-refractivity contribution in [2.24, 2.45) is 0 Å². The molecule has 114 valence electrons. The summed E-state index contributed by atoms with van der Waals surface area (Å²) in [5.41, 5.74) is 7.57. The topological polar surface area (TPSA) is 98.8 Å². The number of ether oxygens (including phenoxy) is 1. The number of nitrogens with one attached hydrogen (secondary N) is 1. The molecular weight excluding hydrogens is 302 g/mol. The zero-order valence-corrected chi connectivity index (χ0v) is 13.0. The molecule has 1 aromatic carbocycles. The number of aromatic amines is 1. The van der Waals surface area contributed by atoms with Crippen LogP contribution in [0, 0.1) is 0 Å². The van der Waals surface area contributed by atoms with E-state index in [1.54, 1.807) is 11.7 Å². The Morgan fingerprint density at radius 3 is 2.68 bits per heavy atom. The summed E-state index contributed by atoms with van der Waals surface area (Å²) in [6.45, 7) is 0.396. The van der Waals surface area contributed by atoms with Gasteiger partial charge in [-0.05, 0) is 24.0 Å². The van der Waals surface area contributed by atoms with E-state index in [1.165, 1.54) is 11.8 Å². The van der Waals surface area contributed by atoms with Crippen LogP contribution in [0.5, 0.6) is 5.75 Å². The van der Waals surface area contributed by atoms with Crippen molar-refractivity contribution in [2.45, 2.75) is 11.7 Å². The van der Waals surface area contributed by atoms with Gasteiger partial charge in [0.2, 0.25) is 0 Å². The first-order chi connectivity index (χ1) is 10.6. The Kier molecular flexibility index (Phi) is 3.76. The lowest BCUT2D eigenvalue weighted by Crippen LogP contribution is -2.17. The fraction of sp³-hybridized carbons (Fsp3) is 0.214. The zero-order chi connectivity index (χ0) is 15.7. The van der Waals surface area contributed by atoms with E-state index < -0.39 is 0 Å². The highest BCUT2D eigenvalue weighted by Gasteiger charge is 2.13. The molecule has 0 aliphatic heterocycles. The maximum absolute atomic E-state index is 12.2. The number of nitrogen functional groups attached to an aromatic ring is 1. The second kappa shape index (κ2) is 5.72. The lowest BCUT2D eigenvalue weighted by Gasteiger charge is -2.06. The standard InChI is InChI=1S/C14H15N5O2S/c1-21-9-5-3-8(4-6-9)7-19-12-10(16-14(19)20)11(15)17-13(18-12)22-2/h3-6H,7H2,1-2H3,(H,16,20)(H2,15,17,18). The molecule has 0 bridgehead atoms. The van der Waals surface area contributed by atoms with Crippen LogP contribution in [0.3, 0.4) is 0 Å². The van der Waals surface area contributed by atoms with Gasteiger partial charge < -0.3 is 15.5 Å². The first-order valence-corrected chi connectivity index (χ1v) is 7.78. The number of anilines is 1. The Labute approximate surface area is 130 Å². The van der Waals surface area contributed by atoms with E-state index in [-0.39, 0.29) is 11.5 Å². The molecule has 0 aliphatic carbocycles. The van der Waals surface area contributed by atoms with E-state index in [0.717, 1.165) is 11.3 Å². The van der Waals surface area contributed by atoms with Crippen molar-refractivity contribution in [2.75, 3.05) is 19.1 Å². The Balaban J connectivity index is 2.07. The molecule has 0 radical (unpaired) electrons. The quantitative estimate of drug-likeness (QED) is 0.558. The molecule has 7 nitrogen and oxygen atoms in total. The lowest BCUT2D eigenvalue weighted by atomic mass is 10.2. The first-order valence-electron chi connectivity index (χ1n) is 6.55. The predicted octanol–water partition coefficient (Wildman–Crippen LogP) is 1.48. The Hall–Kier alpha value is -2.48. The fourth-order valence-electron chi connectivity index (χ4n) is 2.18. The van der Waals surface area contributed by atoms with Gasteiger partial charge in [-0.3, -0.25) is 4.57 Å². The van der Waals surface area contributed by atoms with Gasteiger partial charge in [-0.2, -0.15) is 0 Å². The van der Waals surface area contributed by atoms with Crippen molar-refractivity contribution in [3.05, 3.63) is 40.3 Å². The number of methoxy groups -OCH3 is 1. The molecule has 0 atom stereocenters. The van der Waals surface area contributed by atoms with Crippen molar-refractivity contribution in [1.29, 1.82) is 0 Å². The van der Waals surface area contributed by atoms with Gasteiger partial charge >= 0.3 is 5.69 Å². The van der Waals surface area contributed by atoms with Crippen LogP contribution in [-0.2, 0) is 6.54 Å². The second-order valence-electron chi connectivity index (χ2n) is 4.66. The third-order valence-electron chi connectivity index (χ3n) is 3.31. The number of nitrogens with zero attached hydrogens (tertiary/aromatic N) is 3. The third kappa shape index (κ3) is 2.52. The maximum Gasteiger partial charge on any atom is 0.328 e. The van der Waals surface area contributed by atoms with Gasteiger partial charge in [-0.15, -0.1) is 0 Å². The van der Waals surface area contributed by atoms with Crippen LogP contribution in [0.15, 0.2) is 34.2 Å². The van der Waals surface area contributed by atoms with Crippen LogP contribution in [0.25, 0.3) is 11.2 Å². The van der Waals surface area contributed by atoms with Crippen molar-refractivity contribution in [3.8, 4) is 5.75 Å². The molecule has 3 aromatic rings. The van der Waals surface area contributed by atoms with Crippen molar-refractivity contribution in [3.63, 3.8) is 0 Å². The SMILES string of the molecule is COc1ccc(Cn2c(=O)[nH]c3c(N)nc(SC)nc32)cc1. The van der Waals surface area contributed by atoms with Gasteiger partial charge in [0.1, 0.15) is 11.3 Å². The minimum absolute atomic E-state index is 0.259. The number of fused-ring (bicyclic) bond motifs is 1. The normalized spacial score (nSPS) is 11.0. The van der Waals surface area contributed by atoms with E-state index in [4.69, 9.17) is 10.5 Å². The first kappa shape index (κ1) is 14.5. The minimum atomic E-state index is -0.259. The molecule has 0 fully saturated rings. The largest absolute Gasteiger partial charge is 0.497 e. The molecule has 22 heavy (non-hydrogen) atoms. The van der Waals surface area contributed by atoms with E-state index in [9.17, 15) is 4.79 Å². The maximum atomic E-state index is 12.2. The number of rotatable bonds is 4. The third-order valence-corrected chi connectivity index (χ3v) is 3.86. The monoisotopic (exact) mass is 317 g/mol. The Morgan fingerprint density at radius 2 is 2.05 bits per heavy atom. The number of aromatic nitrogens is 4. The number of H-pyrrole nitrogens is 1. The van der Waals surface area contributed by atoms with E-state index >= 15 is 0 Å². The number of hydrogen-bond donors (Lipinski definition) is 2. The highest BCUT2D eigenvalue weighted by molar-refractivity contribution is 7.98. The van der Waals surface area contributed by atoms with Gasteiger partial charge in [0.15, 0.2) is 16.6 Å². The van der Waals surface area contributed by atoms with Crippen molar-refractivity contribution in [1.82, 2.24) is 19.5 Å². The van der Waals surface area contributed by atoms with E-state index in [2.05, 4.69) is 15.0 Å². The highest BCUT2D eigenvalue weighted by Crippen LogP contribution is 2.19. The van der Waals surface area contributed by atoms with Crippen LogP contribution in [0.4, 0.5) is 5.82 Å². The fourth-order valence-corrected chi connectivity index (χ4v) is 2.55. The molecule has 0 amide bonds. The molecule has 0 unspecified atom stereocenters. The van der Waals surface area contributed by atoms with Crippen LogP contribution in [-0.4, -0.2) is 32.9 Å². The summed E-state index contributed by atoms with van der Waals surface area (Å²) in [5.74, 6) is 1.05. The predicted molar refractivity (Wildman–Crippen MR) is 86.4 cm³/mol. The molecule has 0 saturated heterocycles. The van der Waals surface area contributed by atoms with E-state index in [0.29, 0.717) is 22.9 Å². The average Bonchev–Trinajstić information content (AvgIpc) is 2.85.